The number of aromatic nitrogens is 2. The number of hydrogen-bond acceptors (Lipinski definition) is 6. The Balaban J connectivity index is 2.67. The summed E-state index contributed by atoms with van der Waals surface area (Å²) in [5, 5.41) is 10.6. The zero-order chi connectivity index (χ0) is 13.5. The van der Waals surface area contributed by atoms with E-state index in [4.69, 9.17) is 16.3 Å². The highest BCUT2D eigenvalue weighted by atomic mass is 35.5. The Bertz CT molecular complexity index is 412. The van der Waals surface area contributed by atoms with Crippen LogP contribution in [0.1, 0.15) is 13.8 Å². The van der Waals surface area contributed by atoms with Crippen LogP contribution < -0.4 is 4.74 Å². The average Bonchev–Trinajstić information content (AvgIpc) is 2.34. The van der Waals surface area contributed by atoms with E-state index >= 15 is 0 Å². The van der Waals surface area contributed by atoms with Crippen molar-refractivity contribution >= 4 is 17.3 Å². The molecule has 0 aromatic carbocycles. The summed E-state index contributed by atoms with van der Waals surface area (Å²) in [6, 6.07) is 0. The second-order valence-electron chi connectivity index (χ2n) is 3.45. The van der Waals surface area contributed by atoms with Crippen molar-refractivity contribution in [2.75, 3.05) is 26.2 Å². The van der Waals surface area contributed by atoms with Crippen LogP contribution in [0.3, 0.4) is 0 Å². The van der Waals surface area contributed by atoms with Gasteiger partial charge in [-0.15, -0.1) is 0 Å². The lowest BCUT2D eigenvalue weighted by atomic mass is 10.5. The molecular formula is C10H15ClN4O3. The molecule has 0 aliphatic carbocycles. The highest BCUT2D eigenvalue weighted by molar-refractivity contribution is 6.31. The van der Waals surface area contributed by atoms with E-state index in [0.29, 0.717) is 13.2 Å². The van der Waals surface area contributed by atoms with E-state index in [0.717, 1.165) is 19.4 Å². The standard InChI is InChI=1S/C10H15ClN4O3/c1-3-14(4-2)5-6-18-10-8(15(16)17)9(11)12-7-13-10/h7H,3-6H2,1-2H3. The van der Waals surface area contributed by atoms with Crippen molar-refractivity contribution in [2.24, 2.45) is 0 Å². The lowest BCUT2D eigenvalue weighted by Crippen LogP contribution is -2.28. The SMILES string of the molecule is CCN(CC)CCOc1ncnc(Cl)c1[N+](=O)[O-]. The van der Waals surface area contributed by atoms with Gasteiger partial charge in [-0.3, -0.25) is 10.1 Å². The lowest BCUT2D eigenvalue weighted by Gasteiger charge is -2.17. The van der Waals surface area contributed by atoms with Gasteiger partial charge < -0.3 is 9.64 Å². The summed E-state index contributed by atoms with van der Waals surface area (Å²) in [7, 11) is 0. The number of halogens is 1. The van der Waals surface area contributed by atoms with Crippen molar-refractivity contribution in [1.82, 2.24) is 14.9 Å². The van der Waals surface area contributed by atoms with Crippen LogP contribution in [0.25, 0.3) is 0 Å². The van der Waals surface area contributed by atoms with E-state index in [9.17, 15) is 10.1 Å². The molecule has 7 nitrogen and oxygen atoms in total. The largest absolute Gasteiger partial charge is 0.471 e. The fourth-order valence-electron chi connectivity index (χ4n) is 1.41. The van der Waals surface area contributed by atoms with Crippen molar-refractivity contribution in [2.45, 2.75) is 13.8 Å². The van der Waals surface area contributed by atoms with Crippen molar-refractivity contribution in [3.8, 4) is 5.88 Å². The molecule has 0 saturated carbocycles. The Morgan fingerprint density at radius 2 is 2.11 bits per heavy atom. The summed E-state index contributed by atoms with van der Waals surface area (Å²) in [6.45, 7) is 6.85. The molecule has 0 atom stereocenters. The molecule has 0 fully saturated rings. The highest BCUT2D eigenvalue weighted by Gasteiger charge is 2.22. The number of ether oxygens (including phenoxy) is 1. The molecule has 0 unspecified atom stereocenters. The maximum Gasteiger partial charge on any atom is 0.367 e. The molecule has 0 amide bonds. The van der Waals surface area contributed by atoms with Crippen LogP contribution in [0.5, 0.6) is 5.88 Å². The van der Waals surface area contributed by atoms with Crippen LogP contribution in [0.2, 0.25) is 5.15 Å². The molecule has 1 aromatic rings. The third-order valence-corrected chi connectivity index (χ3v) is 2.74. The molecule has 0 aliphatic heterocycles. The molecule has 0 N–H and O–H groups in total. The molecule has 1 heterocycles. The van der Waals surface area contributed by atoms with Gasteiger partial charge in [-0.1, -0.05) is 25.4 Å². The van der Waals surface area contributed by atoms with Crippen LogP contribution in [0, 0.1) is 10.1 Å². The zero-order valence-corrected chi connectivity index (χ0v) is 11.1. The van der Waals surface area contributed by atoms with Crippen LogP contribution in [0.15, 0.2) is 6.33 Å². The number of nitro groups is 1. The first kappa shape index (κ1) is 14.6. The van der Waals surface area contributed by atoms with Gasteiger partial charge >= 0.3 is 5.69 Å². The highest BCUT2D eigenvalue weighted by Crippen LogP contribution is 2.29. The minimum Gasteiger partial charge on any atom is -0.471 e. The van der Waals surface area contributed by atoms with E-state index in [1.54, 1.807) is 0 Å². The molecule has 0 radical (unpaired) electrons. The van der Waals surface area contributed by atoms with Crippen molar-refractivity contribution < 1.29 is 9.66 Å². The van der Waals surface area contributed by atoms with E-state index in [2.05, 4.69) is 14.9 Å². The van der Waals surface area contributed by atoms with Crippen LogP contribution >= 0.6 is 11.6 Å². The van der Waals surface area contributed by atoms with Gasteiger partial charge in [0, 0.05) is 6.54 Å². The Kier molecular flexibility index (Phi) is 5.73. The summed E-state index contributed by atoms with van der Waals surface area (Å²) in [5.41, 5.74) is -0.390. The van der Waals surface area contributed by atoms with Crippen LogP contribution in [-0.2, 0) is 0 Å². The van der Waals surface area contributed by atoms with Gasteiger partial charge in [-0.05, 0) is 13.1 Å². The van der Waals surface area contributed by atoms with Gasteiger partial charge in [0.05, 0.1) is 4.92 Å². The fourth-order valence-corrected chi connectivity index (χ4v) is 1.61. The molecule has 1 aromatic heterocycles. The molecule has 18 heavy (non-hydrogen) atoms. The number of likely N-dealkylation sites (N-methyl/N-ethyl adjacent to an activating group) is 1. The third-order valence-electron chi connectivity index (χ3n) is 2.47. The fraction of sp³-hybridized carbons (Fsp3) is 0.600. The Labute approximate surface area is 110 Å². The molecule has 0 aliphatic rings. The summed E-state index contributed by atoms with van der Waals surface area (Å²) < 4.78 is 5.29. The van der Waals surface area contributed by atoms with Gasteiger partial charge in [-0.25, -0.2) is 4.98 Å². The second kappa shape index (κ2) is 7.07. The molecular weight excluding hydrogens is 260 g/mol. The molecule has 0 saturated heterocycles. The average molecular weight is 275 g/mol. The maximum absolute atomic E-state index is 10.8. The number of hydrogen-bond donors (Lipinski definition) is 0. The minimum atomic E-state index is -0.644. The summed E-state index contributed by atoms with van der Waals surface area (Å²) in [6.07, 6.45) is 1.14. The molecule has 0 bridgehead atoms. The van der Waals surface area contributed by atoms with Crippen molar-refractivity contribution in [3.05, 3.63) is 21.6 Å². The molecule has 0 spiro atoms. The molecule has 8 heteroatoms. The summed E-state index contributed by atoms with van der Waals surface area (Å²) in [5.74, 6) is -0.0906. The predicted molar refractivity (Wildman–Crippen MR) is 67.0 cm³/mol. The van der Waals surface area contributed by atoms with Gasteiger partial charge in [0.25, 0.3) is 5.88 Å². The molecule has 1 rings (SSSR count). The maximum atomic E-state index is 10.8. The predicted octanol–water partition coefficient (Wildman–Crippen LogP) is 1.76. The first-order chi connectivity index (χ1) is 8.60. The Hall–Kier alpha value is -1.47. The lowest BCUT2D eigenvalue weighted by molar-refractivity contribution is -0.386. The quantitative estimate of drug-likeness (QED) is 0.428. The monoisotopic (exact) mass is 274 g/mol. The number of nitrogens with zero attached hydrogens (tertiary/aromatic N) is 4. The van der Waals surface area contributed by atoms with E-state index in [1.807, 2.05) is 13.8 Å². The van der Waals surface area contributed by atoms with Crippen LogP contribution in [0.4, 0.5) is 5.69 Å². The van der Waals surface area contributed by atoms with Gasteiger partial charge in [0.15, 0.2) is 0 Å². The normalized spacial score (nSPS) is 10.7. The number of rotatable bonds is 7. The van der Waals surface area contributed by atoms with Crippen molar-refractivity contribution in [1.29, 1.82) is 0 Å². The summed E-state index contributed by atoms with van der Waals surface area (Å²) >= 11 is 5.64. The van der Waals surface area contributed by atoms with Gasteiger partial charge in [0.1, 0.15) is 12.9 Å². The second-order valence-corrected chi connectivity index (χ2v) is 3.81. The smallest absolute Gasteiger partial charge is 0.367 e. The van der Waals surface area contributed by atoms with Gasteiger partial charge in [-0.2, -0.15) is 4.98 Å². The topological polar surface area (TPSA) is 81.4 Å². The van der Waals surface area contributed by atoms with Crippen LogP contribution in [-0.4, -0.2) is 46.0 Å². The third kappa shape index (κ3) is 3.78. The van der Waals surface area contributed by atoms with Crippen molar-refractivity contribution in [3.63, 3.8) is 0 Å². The van der Waals surface area contributed by atoms with Gasteiger partial charge in [0.2, 0.25) is 5.15 Å². The first-order valence-corrected chi connectivity index (χ1v) is 5.98. The van der Waals surface area contributed by atoms with E-state index in [-0.39, 0.29) is 11.0 Å². The zero-order valence-electron chi connectivity index (χ0n) is 10.3. The molecule has 100 valence electrons. The Morgan fingerprint density at radius 1 is 1.44 bits per heavy atom. The Morgan fingerprint density at radius 3 is 2.67 bits per heavy atom. The van der Waals surface area contributed by atoms with E-state index in [1.165, 1.54) is 0 Å². The van der Waals surface area contributed by atoms with E-state index < -0.39 is 10.6 Å². The minimum absolute atomic E-state index is 0.0906. The summed E-state index contributed by atoms with van der Waals surface area (Å²) in [4.78, 5) is 19.6. The first-order valence-electron chi connectivity index (χ1n) is 5.60.